The summed E-state index contributed by atoms with van der Waals surface area (Å²) in [6, 6.07) is 7.73. The van der Waals surface area contributed by atoms with Crippen molar-refractivity contribution in [2.24, 2.45) is 4.99 Å². The van der Waals surface area contributed by atoms with Gasteiger partial charge in [0.25, 0.3) is 5.91 Å². The second-order valence-corrected chi connectivity index (χ2v) is 6.64. The van der Waals surface area contributed by atoms with Gasteiger partial charge in [0, 0.05) is 45.8 Å². The number of nitrogens with one attached hydrogen (secondary N) is 3. The summed E-state index contributed by atoms with van der Waals surface area (Å²) in [5.41, 5.74) is 1.72. The van der Waals surface area contributed by atoms with Crippen molar-refractivity contribution in [3.8, 4) is 0 Å². The number of guanidine groups is 1. The maximum atomic E-state index is 11.6. The molecule has 1 unspecified atom stereocenters. The first-order valence-electron chi connectivity index (χ1n) is 9.32. The molecule has 2 aromatic rings. The van der Waals surface area contributed by atoms with Gasteiger partial charge in [-0.2, -0.15) is 5.10 Å². The minimum atomic E-state index is -0.0876. The van der Waals surface area contributed by atoms with Crippen LogP contribution in [0, 0.1) is 0 Å². The maximum Gasteiger partial charge on any atom is 0.251 e. The summed E-state index contributed by atoms with van der Waals surface area (Å²) in [5.74, 6) is 2.38. The van der Waals surface area contributed by atoms with Crippen molar-refractivity contribution in [2.75, 3.05) is 21.2 Å². The number of amides is 1. The number of nitrogens with zero attached hydrogens (tertiary/aromatic N) is 4. The number of ether oxygens (including phenoxy) is 1. The summed E-state index contributed by atoms with van der Waals surface area (Å²) in [5, 5.41) is 13.9. The van der Waals surface area contributed by atoms with Gasteiger partial charge in [-0.3, -0.25) is 9.79 Å². The Kier molecular flexibility index (Phi) is 6.59. The van der Waals surface area contributed by atoms with E-state index in [0.717, 1.165) is 42.6 Å². The lowest BCUT2D eigenvalue weighted by Crippen LogP contribution is -2.46. The van der Waals surface area contributed by atoms with Crippen molar-refractivity contribution in [1.82, 2.24) is 30.7 Å². The molecule has 1 aromatic carbocycles. The third-order valence-electron chi connectivity index (χ3n) is 4.64. The van der Waals surface area contributed by atoms with E-state index < -0.39 is 0 Å². The SMILES string of the molecule is CN=C(NCc1ccc(C(=O)NC)cc1)NC1CCc2nc(COC)nn2C1. The molecule has 3 rings (SSSR count). The van der Waals surface area contributed by atoms with Crippen molar-refractivity contribution in [3.63, 3.8) is 0 Å². The number of aliphatic imine (C=N–C) groups is 1. The molecule has 150 valence electrons. The molecular formula is C19H27N7O2. The van der Waals surface area contributed by atoms with Gasteiger partial charge in [-0.1, -0.05) is 12.1 Å². The lowest BCUT2D eigenvalue weighted by atomic mass is 10.1. The molecule has 3 N–H and O–H groups in total. The highest BCUT2D eigenvalue weighted by molar-refractivity contribution is 5.93. The summed E-state index contributed by atoms with van der Waals surface area (Å²) in [6.45, 7) is 1.79. The van der Waals surface area contributed by atoms with Crippen LogP contribution in [-0.2, 0) is 30.9 Å². The number of rotatable bonds is 6. The van der Waals surface area contributed by atoms with Crippen LogP contribution in [0.3, 0.4) is 0 Å². The Morgan fingerprint density at radius 3 is 2.82 bits per heavy atom. The van der Waals surface area contributed by atoms with Crippen LogP contribution in [0.5, 0.6) is 0 Å². The second-order valence-electron chi connectivity index (χ2n) is 6.64. The zero-order chi connectivity index (χ0) is 19.9. The van der Waals surface area contributed by atoms with Crippen LogP contribution in [0.2, 0.25) is 0 Å². The third kappa shape index (κ3) is 4.86. The Bertz CT molecular complexity index is 829. The van der Waals surface area contributed by atoms with E-state index >= 15 is 0 Å². The highest BCUT2D eigenvalue weighted by Gasteiger charge is 2.22. The predicted molar refractivity (Wildman–Crippen MR) is 106 cm³/mol. The number of aryl methyl sites for hydroxylation is 1. The summed E-state index contributed by atoms with van der Waals surface area (Å²) in [6.07, 6.45) is 1.83. The topological polar surface area (TPSA) is 105 Å². The smallest absolute Gasteiger partial charge is 0.251 e. The fraction of sp³-hybridized carbons (Fsp3) is 0.474. The zero-order valence-corrected chi connectivity index (χ0v) is 16.5. The number of carbonyl (C=O) groups is 1. The predicted octanol–water partition coefficient (Wildman–Crippen LogP) is 0.464. The highest BCUT2D eigenvalue weighted by atomic mass is 16.5. The van der Waals surface area contributed by atoms with E-state index in [1.807, 2.05) is 28.9 Å². The first-order valence-corrected chi connectivity index (χ1v) is 9.32. The molecule has 1 amide bonds. The molecule has 9 nitrogen and oxygen atoms in total. The normalized spacial score (nSPS) is 16.4. The Hall–Kier alpha value is -2.94. The molecule has 28 heavy (non-hydrogen) atoms. The average Bonchev–Trinajstić information content (AvgIpc) is 3.12. The van der Waals surface area contributed by atoms with Crippen molar-refractivity contribution >= 4 is 11.9 Å². The van der Waals surface area contributed by atoms with Gasteiger partial charge in [-0.15, -0.1) is 0 Å². The molecule has 1 aromatic heterocycles. The number of carbonyl (C=O) groups excluding carboxylic acids is 1. The molecule has 1 atom stereocenters. The largest absolute Gasteiger partial charge is 0.377 e. The molecule has 2 heterocycles. The van der Waals surface area contributed by atoms with E-state index in [0.29, 0.717) is 18.7 Å². The third-order valence-corrected chi connectivity index (χ3v) is 4.64. The van der Waals surface area contributed by atoms with E-state index in [2.05, 4.69) is 31.0 Å². The quantitative estimate of drug-likeness (QED) is 0.493. The van der Waals surface area contributed by atoms with Crippen LogP contribution < -0.4 is 16.0 Å². The summed E-state index contributed by atoms with van der Waals surface area (Å²) in [7, 11) is 5.02. The van der Waals surface area contributed by atoms with Gasteiger partial charge in [0.05, 0.1) is 6.54 Å². The van der Waals surface area contributed by atoms with E-state index in [1.54, 1.807) is 21.2 Å². The molecule has 0 fully saturated rings. The summed E-state index contributed by atoms with van der Waals surface area (Å²) in [4.78, 5) is 20.4. The molecular weight excluding hydrogens is 358 g/mol. The monoisotopic (exact) mass is 385 g/mol. The molecule has 1 aliphatic rings. The Morgan fingerprint density at radius 1 is 1.36 bits per heavy atom. The maximum absolute atomic E-state index is 11.6. The molecule has 0 aliphatic carbocycles. The van der Waals surface area contributed by atoms with E-state index in [9.17, 15) is 4.79 Å². The van der Waals surface area contributed by atoms with Gasteiger partial charge in [-0.05, 0) is 24.1 Å². The Morgan fingerprint density at radius 2 is 2.14 bits per heavy atom. The molecule has 0 spiro atoms. The molecule has 0 bridgehead atoms. The van der Waals surface area contributed by atoms with Crippen LogP contribution >= 0.6 is 0 Å². The number of benzene rings is 1. The first kappa shape index (κ1) is 19.8. The molecule has 0 saturated carbocycles. The van der Waals surface area contributed by atoms with Crippen LogP contribution in [0.25, 0.3) is 0 Å². The van der Waals surface area contributed by atoms with Crippen molar-refractivity contribution in [2.45, 2.75) is 38.6 Å². The van der Waals surface area contributed by atoms with Gasteiger partial charge in [0.2, 0.25) is 0 Å². The van der Waals surface area contributed by atoms with Crippen molar-refractivity contribution in [3.05, 3.63) is 47.0 Å². The van der Waals surface area contributed by atoms with Crippen molar-refractivity contribution in [1.29, 1.82) is 0 Å². The van der Waals surface area contributed by atoms with Crippen molar-refractivity contribution < 1.29 is 9.53 Å². The zero-order valence-electron chi connectivity index (χ0n) is 16.5. The Balaban J connectivity index is 1.52. The van der Waals surface area contributed by atoms with Gasteiger partial charge in [0.1, 0.15) is 12.4 Å². The minimum Gasteiger partial charge on any atom is -0.377 e. The lowest BCUT2D eigenvalue weighted by Gasteiger charge is -2.25. The number of hydrogen-bond donors (Lipinski definition) is 3. The first-order chi connectivity index (χ1) is 13.6. The van der Waals surface area contributed by atoms with Crippen LogP contribution in [0.4, 0.5) is 0 Å². The number of aromatic nitrogens is 3. The van der Waals surface area contributed by atoms with E-state index in [1.165, 1.54) is 0 Å². The number of methoxy groups -OCH3 is 1. The molecule has 9 heteroatoms. The standard InChI is InChI=1S/C19H27N7O2/c1-20-18(27)14-6-4-13(5-7-14)10-22-19(21-2)23-15-8-9-17-24-16(12-28-3)25-26(17)11-15/h4-7,15H,8-12H2,1-3H3,(H,20,27)(H2,21,22,23). The Labute approximate surface area is 164 Å². The molecule has 0 saturated heterocycles. The van der Waals surface area contributed by atoms with E-state index in [-0.39, 0.29) is 11.9 Å². The molecule has 1 aliphatic heterocycles. The molecule has 0 radical (unpaired) electrons. The van der Waals surface area contributed by atoms with Crippen LogP contribution in [-0.4, -0.2) is 53.9 Å². The second kappa shape index (κ2) is 9.32. The minimum absolute atomic E-state index is 0.0876. The van der Waals surface area contributed by atoms with Crippen LogP contribution in [0.15, 0.2) is 29.3 Å². The van der Waals surface area contributed by atoms with Gasteiger partial charge >= 0.3 is 0 Å². The average molecular weight is 385 g/mol. The summed E-state index contributed by atoms with van der Waals surface area (Å²) < 4.78 is 7.05. The fourth-order valence-corrected chi connectivity index (χ4v) is 3.16. The number of hydrogen-bond acceptors (Lipinski definition) is 5. The lowest BCUT2D eigenvalue weighted by molar-refractivity contribution is 0.0963. The van der Waals surface area contributed by atoms with Gasteiger partial charge < -0.3 is 20.7 Å². The van der Waals surface area contributed by atoms with E-state index in [4.69, 9.17) is 4.74 Å². The highest BCUT2D eigenvalue weighted by Crippen LogP contribution is 2.13. The summed E-state index contributed by atoms with van der Waals surface area (Å²) >= 11 is 0. The van der Waals surface area contributed by atoms with Gasteiger partial charge in [-0.25, -0.2) is 9.67 Å². The van der Waals surface area contributed by atoms with Gasteiger partial charge in [0.15, 0.2) is 11.8 Å². The van der Waals surface area contributed by atoms with Crippen LogP contribution in [0.1, 0.15) is 34.0 Å². The number of fused-ring (bicyclic) bond motifs is 1. The fourth-order valence-electron chi connectivity index (χ4n) is 3.16.